The minimum Gasteiger partial charge on any atom is -0.503 e. The number of thioether (sulfide) groups is 1. The molecule has 0 saturated heterocycles. The second-order valence-corrected chi connectivity index (χ2v) is 6.14. The second kappa shape index (κ2) is 9.20. The largest absolute Gasteiger partial charge is 0.503 e. The maximum Gasteiger partial charge on any atom is 0.180 e. The number of nitrogens with zero attached hydrogens (tertiary/aromatic N) is 2. The molecule has 0 aliphatic carbocycles. The maximum atomic E-state index is 9.79. The zero-order chi connectivity index (χ0) is 17.4. The molecule has 2 aromatic carbocycles. The first-order valence-corrected chi connectivity index (χ1v) is 8.65. The van der Waals surface area contributed by atoms with E-state index >= 15 is 0 Å². The van der Waals surface area contributed by atoms with Gasteiger partial charge in [0.15, 0.2) is 16.7 Å². The number of ether oxygens (including phenoxy) is 1. The highest BCUT2D eigenvalue weighted by Gasteiger charge is 2.08. The van der Waals surface area contributed by atoms with Gasteiger partial charge >= 0.3 is 0 Å². The van der Waals surface area contributed by atoms with Crippen molar-refractivity contribution in [2.45, 2.75) is 12.7 Å². The first kappa shape index (κ1) is 18.2. The molecule has 0 aliphatic rings. The van der Waals surface area contributed by atoms with Gasteiger partial charge in [-0.3, -0.25) is 0 Å². The van der Waals surface area contributed by atoms with E-state index in [2.05, 4.69) is 10.2 Å². The molecule has 0 spiro atoms. The van der Waals surface area contributed by atoms with Gasteiger partial charge in [0, 0.05) is 11.3 Å². The third-order valence-electron chi connectivity index (χ3n) is 2.94. The molecule has 2 rings (SSSR count). The smallest absolute Gasteiger partial charge is 0.180 e. The van der Waals surface area contributed by atoms with Crippen LogP contribution < -0.4 is 10.5 Å². The van der Waals surface area contributed by atoms with Crippen LogP contribution in [-0.2, 0) is 5.75 Å². The SMILES string of the molecule is CCOc1cc(C=NN=C(N)SCc2ccccc2)cc(Cl)c1O. The van der Waals surface area contributed by atoms with Gasteiger partial charge in [-0.15, -0.1) is 5.10 Å². The van der Waals surface area contributed by atoms with Crippen LogP contribution in [0.15, 0.2) is 52.7 Å². The lowest BCUT2D eigenvalue weighted by atomic mass is 10.2. The fraction of sp³-hybridized carbons (Fsp3) is 0.176. The third-order valence-corrected chi connectivity index (χ3v) is 4.09. The highest BCUT2D eigenvalue weighted by molar-refractivity contribution is 8.13. The molecule has 3 N–H and O–H groups in total. The van der Waals surface area contributed by atoms with E-state index in [1.165, 1.54) is 18.0 Å². The van der Waals surface area contributed by atoms with Crippen LogP contribution in [0.1, 0.15) is 18.1 Å². The Balaban J connectivity index is 1.99. The van der Waals surface area contributed by atoms with Crippen molar-refractivity contribution in [2.75, 3.05) is 6.61 Å². The van der Waals surface area contributed by atoms with E-state index in [0.29, 0.717) is 23.1 Å². The van der Waals surface area contributed by atoms with Gasteiger partial charge in [0.2, 0.25) is 0 Å². The van der Waals surface area contributed by atoms with Gasteiger partial charge in [-0.1, -0.05) is 53.7 Å². The van der Waals surface area contributed by atoms with Gasteiger partial charge < -0.3 is 15.6 Å². The Labute approximate surface area is 150 Å². The first-order valence-electron chi connectivity index (χ1n) is 7.28. The monoisotopic (exact) mass is 363 g/mol. The quantitative estimate of drug-likeness (QED) is 0.461. The van der Waals surface area contributed by atoms with Crippen LogP contribution >= 0.6 is 23.4 Å². The molecule has 0 heterocycles. The lowest BCUT2D eigenvalue weighted by Crippen LogP contribution is -2.06. The molecular weight excluding hydrogens is 346 g/mol. The van der Waals surface area contributed by atoms with Gasteiger partial charge in [0.25, 0.3) is 0 Å². The molecule has 0 saturated carbocycles. The number of phenolic OH excluding ortho intramolecular Hbond substituents is 1. The van der Waals surface area contributed by atoms with Crippen molar-refractivity contribution in [2.24, 2.45) is 15.9 Å². The normalized spacial score (nSPS) is 11.8. The number of hydrogen-bond acceptors (Lipinski definition) is 5. The van der Waals surface area contributed by atoms with Crippen molar-refractivity contribution in [1.29, 1.82) is 0 Å². The summed E-state index contributed by atoms with van der Waals surface area (Å²) < 4.78 is 5.31. The fourth-order valence-corrected chi connectivity index (χ4v) is 2.68. The van der Waals surface area contributed by atoms with E-state index in [1.807, 2.05) is 37.3 Å². The zero-order valence-electron chi connectivity index (χ0n) is 13.1. The zero-order valence-corrected chi connectivity index (χ0v) is 14.7. The fourth-order valence-electron chi connectivity index (χ4n) is 1.85. The Morgan fingerprint density at radius 1 is 1.33 bits per heavy atom. The van der Waals surface area contributed by atoms with E-state index in [1.54, 1.807) is 12.1 Å². The van der Waals surface area contributed by atoms with E-state index in [9.17, 15) is 5.11 Å². The first-order chi connectivity index (χ1) is 11.6. The number of rotatable bonds is 6. The number of phenols is 1. The topological polar surface area (TPSA) is 80.2 Å². The predicted molar refractivity (Wildman–Crippen MR) is 101 cm³/mol. The summed E-state index contributed by atoms with van der Waals surface area (Å²) in [5.41, 5.74) is 7.65. The maximum absolute atomic E-state index is 9.79. The van der Waals surface area contributed by atoms with Crippen molar-refractivity contribution in [3.05, 3.63) is 58.6 Å². The molecule has 24 heavy (non-hydrogen) atoms. The number of nitrogens with two attached hydrogens (primary N) is 1. The number of hydrogen-bond donors (Lipinski definition) is 2. The number of benzene rings is 2. The summed E-state index contributed by atoms with van der Waals surface area (Å²) in [7, 11) is 0. The van der Waals surface area contributed by atoms with E-state index in [0.717, 1.165) is 11.3 Å². The lowest BCUT2D eigenvalue weighted by Gasteiger charge is -2.07. The van der Waals surface area contributed by atoms with Gasteiger partial charge in [-0.25, -0.2) is 0 Å². The van der Waals surface area contributed by atoms with Gasteiger partial charge in [-0.2, -0.15) is 5.10 Å². The summed E-state index contributed by atoms with van der Waals surface area (Å²) in [5.74, 6) is 0.949. The van der Waals surface area contributed by atoms with Crippen molar-refractivity contribution in [1.82, 2.24) is 0 Å². The Kier molecular flexibility index (Phi) is 6.96. The molecule has 2 aromatic rings. The van der Waals surface area contributed by atoms with Crippen molar-refractivity contribution < 1.29 is 9.84 Å². The van der Waals surface area contributed by atoms with Gasteiger partial charge in [-0.05, 0) is 24.6 Å². The summed E-state index contributed by atoms with van der Waals surface area (Å²) >= 11 is 7.36. The van der Waals surface area contributed by atoms with Crippen LogP contribution in [0.5, 0.6) is 11.5 Å². The van der Waals surface area contributed by atoms with Crippen LogP contribution in [0.25, 0.3) is 0 Å². The van der Waals surface area contributed by atoms with Crippen LogP contribution in [0.2, 0.25) is 5.02 Å². The van der Waals surface area contributed by atoms with E-state index in [-0.39, 0.29) is 10.8 Å². The summed E-state index contributed by atoms with van der Waals surface area (Å²) in [4.78, 5) is 0. The molecule has 7 heteroatoms. The van der Waals surface area contributed by atoms with Crippen LogP contribution in [0.3, 0.4) is 0 Å². The summed E-state index contributed by atoms with van der Waals surface area (Å²) in [6, 6.07) is 13.2. The minimum atomic E-state index is -0.0860. The van der Waals surface area contributed by atoms with Crippen LogP contribution in [0.4, 0.5) is 0 Å². The molecule has 0 fully saturated rings. The lowest BCUT2D eigenvalue weighted by molar-refractivity contribution is 0.318. The average Bonchev–Trinajstić information content (AvgIpc) is 2.58. The molecule has 0 unspecified atom stereocenters. The van der Waals surface area contributed by atoms with E-state index < -0.39 is 0 Å². The van der Waals surface area contributed by atoms with Crippen molar-refractivity contribution >= 4 is 34.7 Å². The number of amidine groups is 1. The summed E-state index contributed by atoms with van der Waals surface area (Å²) in [6.07, 6.45) is 1.50. The molecule has 0 bridgehead atoms. The molecule has 5 nitrogen and oxygen atoms in total. The Hall–Kier alpha value is -2.18. The molecule has 0 aliphatic heterocycles. The molecule has 0 radical (unpaired) electrons. The minimum absolute atomic E-state index is 0.0860. The van der Waals surface area contributed by atoms with Crippen LogP contribution in [0, 0.1) is 0 Å². The molecular formula is C17H18ClN3O2S. The van der Waals surface area contributed by atoms with Crippen molar-refractivity contribution in [3.63, 3.8) is 0 Å². The highest BCUT2D eigenvalue weighted by atomic mass is 35.5. The highest BCUT2D eigenvalue weighted by Crippen LogP contribution is 2.34. The molecule has 0 aromatic heterocycles. The Morgan fingerprint density at radius 2 is 2.08 bits per heavy atom. The third kappa shape index (κ3) is 5.47. The molecule has 0 atom stereocenters. The standard InChI is InChI=1S/C17H18ClN3O2S/c1-2-23-15-9-13(8-14(18)16(15)22)10-20-21-17(19)24-11-12-6-4-3-5-7-12/h3-10,22H,2,11H2,1H3,(H2,19,21). The predicted octanol–water partition coefficient (Wildman–Crippen LogP) is 4.03. The van der Waals surface area contributed by atoms with Crippen molar-refractivity contribution in [3.8, 4) is 11.5 Å². The van der Waals surface area contributed by atoms with Crippen LogP contribution in [-0.4, -0.2) is 23.1 Å². The number of halogens is 1. The van der Waals surface area contributed by atoms with E-state index in [4.69, 9.17) is 22.1 Å². The summed E-state index contributed by atoms with van der Waals surface area (Å²) in [5, 5.41) is 18.2. The van der Waals surface area contributed by atoms with Gasteiger partial charge in [0.1, 0.15) is 0 Å². The average molecular weight is 364 g/mol. The molecule has 126 valence electrons. The molecule has 0 amide bonds. The summed E-state index contributed by atoms with van der Waals surface area (Å²) in [6.45, 7) is 2.24. The second-order valence-electron chi connectivity index (χ2n) is 4.74. The van der Waals surface area contributed by atoms with Gasteiger partial charge in [0.05, 0.1) is 17.8 Å². The number of aromatic hydroxyl groups is 1. The Bertz CT molecular complexity index is 736. The Morgan fingerprint density at radius 3 is 2.79 bits per heavy atom.